The third-order valence-electron chi connectivity index (χ3n) is 6.54. The molecule has 0 aromatic heterocycles. The van der Waals surface area contributed by atoms with Crippen LogP contribution in [0.1, 0.15) is 42.7 Å². The monoisotopic (exact) mass is 363 g/mol. The van der Waals surface area contributed by atoms with Crippen molar-refractivity contribution in [2.45, 2.75) is 43.2 Å². The smallest absolute Gasteiger partial charge is 0.411 e. The molecule has 2 fully saturated rings. The summed E-state index contributed by atoms with van der Waals surface area (Å²) in [4.78, 5) is 26.2. The summed E-state index contributed by atoms with van der Waals surface area (Å²) in [6, 6.07) is 16.4. The van der Waals surface area contributed by atoms with Crippen molar-refractivity contribution in [1.29, 1.82) is 0 Å². The van der Waals surface area contributed by atoms with Crippen molar-refractivity contribution >= 4 is 12.1 Å². The molecule has 2 aliphatic heterocycles. The molecular weight excluding hydrogens is 342 g/mol. The highest BCUT2D eigenvalue weighted by atomic mass is 16.6. The molecule has 1 amide bonds. The first kappa shape index (κ1) is 16.4. The minimum Gasteiger partial charge on any atom is -0.479 e. The molecule has 5 heteroatoms. The highest BCUT2D eigenvalue weighted by Gasteiger charge is 2.59. The molecule has 2 bridgehead atoms. The van der Waals surface area contributed by atoms with Gasteiger partial charge in [0.05, 0.1) is 0 Å². The fourth-order valence-corrected chi connectivity index (χ4v) is 5.23. The number of carboxylic acid groups (broad SMARTS) is 1. The maximum Gasteiger partial charge on any atom is 0.411 e. The summed E-state index contributed by atoms with van der Waals surface area (Å²) >= 11 is 0. The number of hydrogen-bond acceptors (Lipinski definition) is 3. The summed E-state index contributed by atoms with van der Waals surface area (Å²) < 4.78 is 5.70. The van der Waals surface area contributed by atoms with Crippen LogP contribution in [0.25, 0.3) is 11.1 Å². The Labute approximate surface area is 157 Å². The first-order valence-corrected chi connectivity index (χ1v) is 9.49. The number of benzene rings is 2. The normalized spacial score (nSPS) is 25.3. The van der Waals surface area contributed by atoms with Crippen molar-refractivity contribution in [3.63, 3.8) is 0 Å². The quantitative estimate of drug-likeness (QED) is 0.894. The van der Waals surface area contributed by atoms with Crippen molar-refractivity contribution in [1.82, 2.24) is 4.90 Å². The van der Waals surface area contributed by atoms with Crippen LogP contribution in [0.2, 0.25) is 0 Å². The Morgan fingerprint density at radius 3 is 2.11 bits per heavy atom. The number of rotatable bonds is 3. The summed E-state index contributed by atoms with van der Waals surface area (Å²) in [5.74, 6) is -0.918. The van der Waals surface area contributed by atoms with E-state index in [2.05, 4.69) is 24.3 Å². The third kappa shape index (κ3) is 2.24. The van der Waals surface area contributed by atoms with Gasteiger partial charge in [0.1, 0.15) is 12.1 Å². The number of carbonyl (C=O) groups excluding carboxylic acids is 1. The lowest BCUT2D eigenvalue weighted by atomic mass is 9.88. The van der Waals surface area contributed by atoms with Crippen LogP contribution in [0.5, 0.6) is 0 Å². The molecule has 0 radical (unpaired) electrons. The summed E-state index contributed by atoms with van der Waals surface area (Å²) in [5, 5.41) is 9.70. The number of aliphatic carboxylic acids is 1. The van der Waals surface area contributed by atoms with E-state index in [1.54, 1.807) is 0 Å². The lowest BCUT2D eigenvalue weighted by molar-refractivity contribution is -0.148. The first-order chi connectivity index (χ1) is 13.1. The third-order valence-corrected chi connectivity index (χ3v) is 6.54. The Morgan fingerprint density at radius 2 is 1.56 bits per heavy atom. The first-order valence-electron chi connectivity index (χ1n) is 9.49. The van der Waals surface area contributed by atoms with Crippen molar-refractivity contribution in [2.75, 3.05) is 6.61 Å². The molecule has 2 aromatic rings. The molecule has 5 nitrogen and oxygen atoms in total. The Balaban J connectivity index is 1.39. The van der Waals surface area contributed by atoms with E-state index < -0.39 is 17.6 Å². The van der Waals surface area contributed by atoms with Gasteiger partial charge in [-0.2, -0.15) is 0 Å². The van der Waals surface area contributed by atoms with E-state index in [1.165, 1.54) is 16.0 Å². The van der Waals surface area contributed by atoms with Crippen LogP contribution in [0.15, 0.2) is 48.5 Å². The van der Waals surface area contributed by atoms with Crippen LogP contribution in [0, 0.1) is 0 Å². The second-order valence-electron chi connectivity index (χ2n) is 7.74. The maximum absolute atomic E-state index is 12.8. The Hall–Kier alpha value is -2.82. The number of hydrogen-bond donors (Lipinski definition) is 1. The van der Waals surface area contributed by atoms with Gasteiger partial charge in [-0.1, -0.05) is 48.5 Å². The van der Waals surface area contributed by atoms with E-state index in [0.717, 1.165) is 24.0 Å². The summed E-state index contributed by atoms with van der Waals surface area (Å²) in [7, 11) is 0. The highest BCUT2D eigenvalue weighted by Crippen LogP contribution is 2.48. The van der Waals surface area contributed by atoms with E-state index in [1.807, 2.05) is 24.3 Å². The van der Waals surface area contributed by atoms with Crippen molar-refractivity contribution < 1.29 is 19.4 Å². The summed E-state index contributed by atoms with van der Waals surface area (Å²) in [6.07, 6.45) is 2.06. The van der Waals surface area contributed by atoms with Crippen LogP contribution in [-0.2, 0) is 9.53 Å². The van der Waals surface area contributed by atoms with Gasteiger partial charge in [0.15, 0.2) is 0 Å². The molecule has 2 aromatic carbocycles. The molecule has 1 N–H and O–H groups in total. The summed E-state index contributed by atoms with van der Waals surface area (Å²) in [5.41, 5.74) is 3.61. The van der Waals surface area contributed by atoms with Gasteiger partial charge in [0.2, 0.25) is 0 Å². The lowest BCUT2D eigenvalue weighted by Crippen LogP contribution is -2.51. The Kier molecular flexibility index (Phi) is 3.54. The molecule has 138 valence electrons. The van der Waals surface area contributed by atoms with Gasteiger partial charge in [0, 0.05) is 12.0 Å². The molecule has 5 rings (SSSR count). The molecule has 0 spiro atoms. The van der Waals surface area contributed by atoms with Crippen LogP contribution in [0.4, 0.5) is 4.79 Å². The fraction of sp³-hybridized carbons (Fsp3) is 0.364. The maximum atomic E-state index is 12.8. The van der Waals surface area contributed by atoms with E-state index in [0.29, 0.717) is 12.8 Å². The van der Waals surface area contributed by atoms with Gasteiger partial charge >= 0.3 is 12.1 Å². The molecule has 0 saturated carbocycles. The van der Waals surface area contributed by atoms with E-state index >= 15 is 0 Å². The SMILES string of the molecule is O=C(OCC1c2ccccc2-c2ccccc21)N1C2CCC1(C(=O)O)CC2. The van der Waals surface area contributed by atoms with Crippen LogP contribution in [-0.4, -0.2) is 40.3 Å². The molecule has 0 unspecified atom stereocenters. The van der Waals surface area contributed by atoms with Crippen molar-refractivity contribution in [2.24, 2.45) is 0 Å². The number of nitrogens with zero attached hydrogens (tertiary/aromatic N) is 1. The molecular formula is C22H21NO4. The minimum absolute atomic E-state index is 0.00301. The molecule has 0 atom stereocenters. The number of carbonyl (C=O) groups is 2. The van der Waals surface area contributed by atoms with E-state index in [4.69, 9.17) is 4.74 Å². The number of amides is 1. The number of ether oxygens (including phenoxy) is 1. The predicted octanol–water partition coefficient (Wildman–Crippen LogP) is 4.02. The fourth-order valence-electron chi connectivity index (χ4n) is 5.23. The zero-order chi connectivity index (χ0) is 18.6. The number of carboxylic acids is 1. The Bertz CT molecular complexity index is 884. The van der Waals surface area contributed by atoms with Crippen LogP contribution < -0.4 is 0 Å². The van der Waals surface area contributed by atoms with E-state index in [-0.39, 0.29) is 18.6 Å². The zero-order valence-electron chi connectivity index (χ0n) is 14.9. The largest absolute Gasteiger partial charge is 0.479 e. The highest BCUT2D eigenvalue weighted by molar-refractivity contribution is 5.86. The molecule has 3 aliphatic rings. The summed E-state index contributed by atoms with van der Waals surface area (Å²) in [6.45, 7) is 0.228. The Morgan fingerprint density at radius 1 is 1.00 bits per heavy atom. The van der Waals surface area contributed by atoms with Gasteiger partial charge < -0.3 is 9.84 Å². The van der Waals surface area contributed by atoms with Crippen molar-refractivity contribution in [3.8, 4) is 11.1 Å². The second kappa shape index (κ2) is 5.84. The standard InChI is InChI=1S/C22H21NO4/c24-20(25)22-11-9-14(10-12-22)23(22)21(26)27-13-19-17-7-3-1-5-15(17)16-6-2-4-8-18(16)19/h1-8,14,19H,9-13H2,(H,24,25). The molecule has 2 heterocycles. The van der Waals surface area contributed by atoms with Crippen LogP contribution in [0.3, 0.4) is 0 Å². The second-order valence-corrected chi connectivity index (χ2v) is 7.74. The van der Waals surface area contributed by atoms with Crippen LogP contribution >= 0.6 is 0 Å². The van der Waals surface area contributed by atoms with Gasteiger partial charge in [-0.05, 0) is 47.9 Å². The average Bonchev–Trinajstić information content (AvgIpc) is 3.35. The van der Waals surface area contributed by atoms with Gasteiger partial charge in [-0.15, -0.1) is 0 Å². The molecule has 27 heavy (non-hydrogen) atoms. The molecule has 2 saturated heterocycles. The topological polar surface area (TPSA) is 66.8 Å². The lowest BCUT2D eigenvalue weighted by Gasteiger charge is -2.30. The molecule has 1 aliphatic carbocycles. The van der Waals surface area contributed by atoms with E-state index in [9.17, 15) is 14.7 Å². The minimum atomic E-state index is -1.06. The van der Waals surface area contributed by atoms with Crippen molar-refractivity contribution in [3.05, 3.63) is 59.7 Å². The predicted molar refractivity (Wildman–Crippen MR) is 99.5 cm³/mol. The average molecular weight is 363 g/mol. The van der Waals surface area contributed by atoms with Gasteiger partial charge in [-0.25, -0.2) is 9.59 Å². The zero-order valence-corrected chi connectivity index (χ0v) is 14.9. The van der Waals surface area contributed by atoms with Gasteiger partial charge in [0.25, 0.3) is 0 Å². The number of fused-ring (bicyclic) bond motifs is 5. The van der Waals surface area contributed by atoms with Gasteiger partial charge in [-0.3, -0.25) is 4.90 Å².